The van der Waals surface area contributed by atoms with Gasteiger partial charge in [0.2, 0.25) is 0 Å². The molecule has 0 aliphatic rings. The molecule has 0 saturated heterocycles. The Balaban J connectivity index is 4.38. The van der Waals surface area contributed by atoms with Gasteiger partial charge in [-0.2, -0.15) is 0 Å². The van der Waals surface area contributed by atoms with Crippen molar-refractivity contribution in [2.75, 3.05) is 46.1 Å². The van der Waals surface area contributed by atoms with Crippen molar-refractivity contribution in [3.05, 3.63) is 0 Å². The van der Waals surface area contributed by atoms with Crippen molar-refractivity contribution in [1.29, 1.82) is 0 Å². The summed E-state index contributed by atoms with van der Waals surface area (Å²) in [5.41, 5.74) is 0. The normalized spacial score (nSPS) is 12.5. The molecule has 2 unspecified atom stereocenters. The molecule has 2 atom stereocenters. The van der Waals surface area contributed by atoms with E-state index in [1.54, 1.807) is 4.90 Å². The Morgan fingerprint density at radius 3 is 1.28 bits per heavy atom. The minimum absolute atomic E-state index is 0.0166. The minimum Gasteiger partial charge on any atom is -0.465 e. The lowest BCUT2D eigenvalue weighted by atomic mass is 9.89. The predicted molar refractivity (Wildman–Crippen MR) is 243 cm³/mol. The zero-order valence-corrected chi connectivity index (χ0v) is 38.8. The number of carbonyl (C=O) groups excluding carboxylic acids is 2. The quantitative estimate of drug-likeness (QED) is 0.0487. The number of aliphatic hydroxyl groups excluding tert-OH is 1. The number of rotatable bonds is 46. The van der Waals surface area contributed by atoms with Crippen LogP contribution in [0.4, 0.5) is 4.79 Å². The summed E-state index contributed by atoms with van der Waals surface area (Å²) in [4.78, 5) is 27.7. The van der Waals surface area contributed by atoms with Crippen LogP contribution in [0.25, 0.3) is 0 Å². The van der Waals surface area contributed by atoms with Gasteiger partial charge in [-0.1, -0.05) is 220 Å². The van der Waals surface area contributed by atoms with Crippen LogP contribution in [0.1, 0.15) is 252 Å². The zero-order chi connectivity index (χ0) is 41.7. The molecule has 7 heteroatoms. The third kappa shape index (κ3) is 38.6. The molecule has 0 aromatic heterocycles. The summed E-state index contributed by atoms with van der Waals surface area (Å²) in [7, 11) is 0. The van der Waals surface area contributed by atoms with Crippen LogP contribution in [0.2, 0.25) is 0 Å². The predicted octanol–water partition coefficient (Wildman–Crippen LogP) is 14.9. The number of carbonyl (C=O) groups is 2. The number of unbranched alkanes of at least 4 members (excludes halogenated alkanes) is 24. The molecule has 0 fully saturated rings. The molecule has 0 aliphatic heterocycles. The first-order valence-electron chi connectivity index (χ1n) is 25.3. The topological polar surface area (TPSA) is 85.3 Å². The maximum Gasteiger partial charge on any atom is 0.409 e. The summed E-state index contributed by atoms with van der Waals surface area (Å²) >= 11 is 0. The largest absolute Gasteiger partial charge is 0.465 e. The van der Waals surface area contributed by atoms with E-state index < -0.39 is 0 Å². The number of ether oxygens (including phenoxy) is 3. The molecule has 0 rings (SSSR count). The lowest BCUT2D eigenvalue weighted by molar-refractivity contribution is -0.149. The lowest BCUT2D eigenvalue weighted by Gasteiger charge is -2.22. The first-order valence-corrected chi connectivity index (χ1v) is 25.3. The standard InChI is InChI=1S/C50H99NO6/c1-5-9-13-17-21-28-36-47(35-27-15-11-7-3)37-29-22-19-25-34-44-57-50(54)51(41-45-55-46-42-52)40-32-24-20-26-33-43-56-49(53)48(38-30-16-12-8-4)39-31-23-18-14-10-6-2/h47-48,52H,5-46H2,1-4H3. The molecule has 0 spiro atoms. The van der Waals surface area contributed by atoms with Crippen LogP contribution in [0.15, 0.2) is 0 Å². The number of hydrogen-bond donors (Lipinski definition) is 1. The van der Waals surface area contributed by atoms with Crippen LogP contribution in [-0.2, 0) is 19.0 Å². The summed E-state index contributed by atoms with van der Waals surface area (Å²) in [5.74, 6) is 0.994. The first kappa shape index (κ1) is 55.7. The van der Waals surface area contributed by atoms with E-state index in [1.807, 2.05) is 0 Å². The van der Waals surface area contributed by atoms with Crippen LogP contribution in [0.5, 0.6) is 0 Å². The van der Waals surface area contributed by atoms with Crippen molar-refractivity contribution in [3.63, 3.8) is 0 Å². The molecule has 0 bridgehead atoms. The molecule has 1 N–H and O–H groups in total. The fourth-order valence-corrected chi connectivity index (χ4v) is 8.05. The first-order chi connectivity index (χ1) is 28.0. The van der Waals surface area contributed by atoms with Crippen LogP contribution >= 0.6 is 0 Å². The van der Waals surface area contributed by atoms with E-state index in [-0.39, 0.29) is 31.2 Å². The van der Waals surface area contributed by atoms with Gasteiger partial charge in [-0.3, -0.25) is 4.79 Å². The highest BCUT2D eigenvalue weighted by Crippen LogP contribution is 2.25. The second-order valence-corrected chi connectivity index (χ2v) is 17.3. The van der Waals surface area contributed by atoms with Gasteiger partial charge in [-0.25, -0.2) is 4.79 Å². The Kier molecular flexibility index (Phi) is 44.7. The maximum atomic E-state index is 13.0. The number of nitrogens with zero attached hydrogens (tertiary/aromatic N) is 1. The Morgan fingerprint density at radius 1 is 0.421 bits per heavy atom. The van der Waals surface area contributed by atoms with E-state index in [1.165, 1.54) is 154 Å². The van der Waals surface area contributed by atoms with Crippen molar-refractivity contribution in [2.24, 2.45) is 11.8 Å². The van der Waals surface area contributed by atoms with Gasteiger partial charge < -0.3 is 24.2 Å². The van der Waals surface area contributed by atoms with Crippen molar-refractivity contribution in [1.82, 2.24) is 4.90 Å². The Morgan fingerprint density at radius 2 is 0.807 bits per heavy atom. The molecule has 0 radical (unpaired) electrons. The molecular weight excluding hydrogens is 711 g/mol. The van der Waals surface area contributed by atoms with Gasteiger partial charge in [0, 0.05) is 13.1 Å². The van der Waals surface area contributed by atoms with E-state index >= 15 is 0 Å². The SMILES string of the molecule is CCCCCCCCC(CCCCCC)CCCCCCCOC(=O)N(CCCCCCCOC(=O)C(CCCCCC)CCCCCCCC)CCOCCO. The molecule has 0 saturated carbocycles. The average molecular weight is 810 g/mol. The third-order valence-corrected chi connectivity index (χ3v) is 11.9. The molecule has 0 aromatic carbocycles. The monoisotopic (exact) mass is 810 g/mol. The van der Waals surface area contributed by atoms with E-state index in [9.17, 15) is 9.59 Å². The van der Waals surface area contributed by atoms with Gasteiger partial charge in [-0.05, 0) is 38.0 Å². The van der Waals surface area contributed by atoms with Crippen LogP contribution in [0, 0.1) is 11.8 Å². The molecule has 0 aromatic rings. The highest BCUT2D eigenvalue weighted by molar-refractivity contribution is 5.72. The van der Waals surface area contributed by atoms with Gasteiger partial charge >= 0.3 is 12.1 Å². The van der Waals surface area contributed by atoms with Crippen LogP contribution in [-0.4, -0.2) is 68.2 Å². The number of aliphatic hydroxyl groups is 1. The highest BCUT2D eigenvalue weighted by atomic mass is 16.6. The second-order valence-electron chi connectivity index (χ2n) is 17.3. The van der Waals surface area contributed by atoms with Crippen molar-refractivity contribution in [2.45, 2.75) is 252 Å². The van der Waals surface area contributed by atoms with E-state index in [0.29, 0.717) is 32.9 Å². The van der Waals surface area contributed by atoms with Gasteiger partial charge in [0.05, 0.1) is 39.0 Å². The summed E-state index contributed by atoms with van der Waals surface area (Å²) in [6.45, 7) is 11.9. The molecule has 340 valence electrons. The van der Waals surface area contributed by atoms with Crippen LogP contribution < -0.4 is 0 Å². The molecule has 7 nitrogen and oxygen atoms in total. The van der Waals surface area contributed by atoms with Gasteiger partial charge in [-0.15, -0.1) is 0 Å². The Hall–Kier alpha value is -1.34. The summed E-state index contributed by atoms with van der Waals surface area (Å²) in [5, 5.41) is 9.09. The number of amides is 1. The Bertz CT molecular complexity index is 825. The van der Waals surface area contributed by atoms with Crippen LogP contribution in [0.3, 0.4) is 0 Å². The summed E-state index contributed by atoms with van der Waals surface area (Å²) in [6.07, 6.45) is 42.9. The fraction of sp³-hybridized carbons (Fsp3) is 0.960. The minimum atomic E-state index is -0.250. The zero-order valence-electron chi connectivity index (χ0n) is 38.8. The van der Waals surface area contributed by atoms with E-state index in [2.05, 4.69) is 27.7 Å². The van der Waals surface area contributed by atoms with Gasteiger partial charge in [0.25, 0.3) is 0 Å². The maximum absolute atomic E-state index is 13.0. The second kappa shape index (κ2) is 45.7. The van der Waals surface area contributed by atoms with E-state index in [4.69, 9.17) is 19.3 Å². The smallest absolute Gasteiger partial charge is 0.409 e. The van der Waals surface area contributed by atoms with E-state index in [0.717, 1.165) is 76.5 Å². The van der Waals surface area contributed by atoms with Crippen molar-refractivity contribution < 1.29 is 28.9 Å². The molecule has 0 aliphatic carbocycles. The lowest BCUT2D eigenvalue weighted by Crippen LogP contribution is -2.35. The number of esters is 1. The highest BCUT2D eigenvalue weighted by Gasteiger charge is 2.19. The number of hydrogen-bond acceptors (Lipinski definition) is 6. The molecular formula is C50H99NO6. The average Bonchev–Trinajstić information content (AvgIpc) is 3.21. The summed E-state index contributed by atoms with van der Waals surface area (Å²) < 4.78 is 17.0. The molecule has 57 heavy (non-hydrogen) atoms. The fourth-order valence-electron chi connectivity index (χ4n) is 8.05. The van der Waals surface area contributed by atoms with Crippen molar-refractivity contribution in [3.8, 4) is 0 Å². The summed E-state index contributed by atoms with van der Waals surface area (Å²) in [6, 6.07) is 0. The third-order valence-electron chi connectivity index (χ3n) is 11.9. The van der Waals surface area contributed by atoms with Crippen molar-refractivity contribution >= 4 is 12.1 Å². The molecule has 1 amide bonds. The van der Waals surface area contributed by atoms with Gasteiger partial charge in [0.1, 0.15) is 0 Å². The molecule has 0 heterocycles. The Labute approximate surface area is 355 Å². The van der Waals surface area contributed by atoms with Gasteiger partial charge in [0.15, 0.2) is 0 Å².